The van der Waals surface area contributed by atoms with Gasteiger partial charge in [0.2, 0.25) is 0 Å². The summed E-state index contributed by atoms with van der Waals surface area (Å²) in [7, 11) is 4.58. The summed E-state index contributed by atoms with van der Waals surface area (Å²) < 4.78 is 0. The topological polar surface area (TPSA) is 112 Å². The summed E-state index contributed by atoms with van der Waals surface area (Å²) in [5.74, 6) is -0.756. The smallest absolute Gasteiger partial charge is 0.256 e. The van der Waals surface area contributed by atoms with Gasteiger partial charge in [-0.1, -0.05) is 13.8 Å². The normalized spacial score (nSPS) is 20.4. The monoisotopic (exact) mass is 471 g/mol. The Morgan fingerprint density at radius 1 is 0.529 bits per heavy atom. The summed E-state index contributed by atoms with van der Waals surface area (Å²) in [6.07, 6.45) is 4.99. The molecule has 9 nitrogen and oxygen atoms in total. The number of rotatable bonds is 2. The summed E-state index contributed by atoms with van der Waals surface area (Å²) >= 11 is 0. The highest BCUT2D eigenvalue weighted by Gasteiger charge is 2.36. The van der Waals surface area contributed by atoms with Gasteiger partial charge in [0.25, 0.3) is 35.4 Å². The van der Waals surface area contributed by atoms with E-state index in [2.05, 4.69) is 0 Å². The van der Waals surface area contributed by atoms with Gasteiger partial charge in [0, 0.05) is 54.6 Å². The Hall–Kier alpha value is -3.36. The number of imide groups is 3. The van der Waals surface area contributed by atoms with Crippen LogP contribution in [0.4, 0.5) is 0 Å². The second-order valence-electron chi connectivity index (χ2n) is 8.59. The molecule has 34 heavy (non-hydrogen) atoms. The number of carbonyl (C=O) groups excluding carboxylic acids is 6. The maximum absolute atomic E-state index is 11.4. The van der Waals surface area contributed by atoms with E-state index in [-0.39, 0.29) is 35.4 Å². The van der Waals surface area contributed by atoms with Crippen molar-refractivity contribution in [2.24, 2.45) is 0 Å². The zero-order chi connectivity index (χ0) is 25.9. The van der Waals surface area contributed by atoms with E-state index in [9.17, 15) is 28.8 Å². The SMILES string of the molecule is CC1=C(C)C(=O)N(C)C1=O.CCC1=C(CC)C(=O)N(C)C1=O.CN1C(=O)C2=C(CCCC2)C1=O. The molecule has 4 aliphatic rings. The van der Waals surface area contributed by atoms with Crippen LogP contribution in [0.1, 0.15) is 66.2 Å². The third-order valence-electron chi connectivity index (χ3n) is 6.60. The Morgan fingerprint density at radius 3 is 1.09 bits per heavy atom. The van der Waals surface area contributed by atoms with E-state index < -0.39 is 0 Å². The van der Waals surface area contributed by atoms with E-state index in [1.165, 1.54) is 23.9 Å². The lowest BCUT2D eigenvalue weighted by Gasteiger charge is -2.08. The van der Waals surface area contributed by atoms with Gasteiger partial charge < -0.3 is 0 Å². The highest BCUT2D eigenvalue weighted by atomic mass is 16.2. The van der Waals surface area contributed by atoms with Crippen LogP contribution in [-0.2, 0) is 28.8 Å². The van der Waals surface area contributed by atoms with Crippen LogP contribution < -0.4 is 0 Å². The second-order valence-corrected chi connectivity index (χ2v) is 8.59. The second kappa shape index (κ2) is 10.7. The zero-order valence-electron chi connectivity index (χ0n) is 21.0. The molecule has 3 aliphatic heterocycles. The Bertz CT molecular complexity index is 945. The van der Waals surface area contributed by atoms with Crippen molar-refractivity contribution in [3.8, 4) is 0 Å². The van der Waals surface area contributed by atoms with Crippen LogP contribution in [0, 0.1) is 0 Å². The first-order valence-electron chi connectivity index (χ1n) is 11.5. The number of carbonyl (C=O) groups is 6. The van der Waals surface area contributed by atoms with Gasteiger partial charge in [0.1, 0.15) is 0 Å². The van der Waals surface area contributed by atoms with Crippen molar-refractivity contribution < 1.29 is 28.8 Å². The fourth-order valence-electron chi connectivity index (χ4n) is 4.28. The number of nitrogens with zero attached hydrogens (tertiary/aromatic N) is 3. The van der Waals surface area contributed by atoms with Gasteiger partial charge in [-0.05, 0) is 52.4 Å². The summed E-state index contributed by atoms with van der Waals surface area (Å²) in [6, 6.07) is 0. The maximum atomic E-state index is 11.4. The van der Waals surface area contributed by atoms with Gasteiger partial charge in [-0.15, -0.1) is 0 Å². The minimum atomic E-state index is -0.178. The lowest BCUT2D eigenvalue weighted by molar-refractivity contribution is -0.137. The largest absolute Gasteiger partial charge is 0.278 e. The predicted octanol–water partition coefficient (Wildman–Crippen LogP) is 2.28. The van der Waals surface area contributed by atoms with Gasteiger partial charge >= 0.3 is 0 Å². The minimum absolute atomic E-state index is 0.0744. The molecule has 0 unspecified atom stereocenters. The van der Waals surface area contributed by atoms with Crippen molar-refractivity contribution >= 4 is 35.4 Å². The minimum Gasteiger partial charge on any atom is -0.278 e. The van der Waals surface area contributed by atoms with E-state index in [1.54, 1.807) is 20.9 Å². The Morgan fingerprint density at radius 2 is 0.824 bits per heavy atom. The lowest BCUT2D eigenvalue weighted by atomic mass is 9.93. The number of amides is 6. The maximum Gasteiger partial charge on any atom is 0.256 e. The molecule has 0 saturated carbocycles. The Kier molecular flexibility index (Phi) is 8.47. The summed E-state index contributed by atoms with van der Waals surface area (Å²) in [4.78, 5) is 71.0. The summed E-state index contributed by atoms with van der Waals surface area (Å²) in [6.45, 7) is 7.13. The molecule has 0 aromatic rings. The summed E-state index contributed by atoms with van der Waals surface area (Å²) in [5, 5.41) is 0. The molecular weight excluding hydrogens is 438 g/mol. The first kappa shape index (κ1) is 26.9. The lowest BCUT2D eigenvalue weighted by Crippen LogP contribution is -2.26. The van der Waals surface area contributed by atoms with Crippen LogP contribution in [0.5, 0.6) is 0 Å². The molecule has 6 amide bonds. The molecule has 0 bridgehead atoms. The Balaban J connectivity index is 0.000000181. The number of hydrogen-bond acceptors (Lipinski definition) is 6. The molecule has 0 N–H and O–H groups in total. The van der Waals surface area contributed by atoms with E-state index in [1.807, 2.05) is 13.8 Å². The molecule has 0 atom stereocenters. The van der Waals surface area contributed by atoms with Gasteiger partial charge in [0.15, 0.2) is 0 Å². The van der Waals surface area contributed by atoms with E-state index >= 15 is 0 Å². The highest BCUT2D eigenvalue weighted by Crippen LogP contribution is 2.31. The van der Waals surface area contributed by atoms with Gasteiger partial charge in [0.05, 0.1) is 0 Å². The van der Waals surface area contributed by atoms with E-state index in [4.69, 9.17) is 0 Å². The molecule has 0 saturated heterocycles. The van der Waals surface area contributed by atoms with Crippen LogP contribution >= 0.6 is 0 Å². The van der Waals surface area contributed by atoms with Crippen molar-refractivity contribution in [1.29, 1.82) is 0 Å². The predicted molar refractivity (Wildman–Crippen MR) is 125 cm³/mol. The van der Waals surface area contributed by atoms with E-state index in [0.29, 0.717) is 35.1 Å². The van der Waals surface area contributed by atoms with Gasteiger partial charge in [-0.25, -0.2) is 0 Å². The average molecular weight is 472 g/mol. The molecule has 4 rings (SSSR count). The number of hydrogen-bond donors (Lipinski definition) is 0. The number of likely N-dealkylation sites (N-methyl/N-ethyl adjacent to an activating group) is 3. The molecule has 0 spiro atoms. The molecule has 184 valence electrons. The van der Waals surface area contributed by atoms with E-state index in [0.717, 1.165) is 41.7 Å². The highest BCUT2D eigenvalue weighted by molar-refractivity contribution is 6.20. The first-order valence-corrected chi connectivity index (χ1v) is 11.5. The molecule has 3 heterocycles. The van der Waals surface area contributed by atoms with Crippen molar-refractivity contribution in [3.05, 3.63) is 33.4 Å². The van der Waals surface area contributed by atoms with Crippen LogP contribution in [0.3, 0.4) is 0 Å². The van der Waals surface area contributed by atoms with Gasteiger partial charge in [-0.2, -0.15) is 0 Å². The molecule has 0 aromatic heterocycles. The molecule has 1 aliphatic carbocycles. The third-order valence-corrected chi connectivity index (χ3v) is 6.60. The fraction of sp³-hybridized carbons (Fsp3) is 0.520. The van der Waals surface area contributed by atoms with Crippen molar-refractivity contribution in [2.75, 3.05) is 21.1 Å². The fourth-order valence-corrected chi connectivity index (χ4v) is 4.28. The molecule has 9 heteroatoms. The van der Waals surface area contributed by atoms with Crippen LogP contribution in [0.25, 0.3) is 0 Å². The van der Waals surface area contributed by atoms with Gasteiger partial charge in [-0.3, -0.25) is 43.5 Å². The molecule has 0 aromatic carbocycles. The first-order chi connectivity index (χ1) is 15.9. The van der Waals surface area contributed by atoms with Crippen LogP contribution in [0.15, 0.2) is 33.4 Å². The quantitative estimate of drug-likeness (QED) is 0.571. The van der Waals surface area contributed by atoms with Crippen molar-refractivity contribution in [2.45, 2.75) is 66.2 Å². The molecule has 0 radical (unpaired) electrons. The third kappa shape index (κ3) is 4.78. The average Bonchev–Trinajstić information content (AvgIpc) is 3.27. The van der Waals surface area contributed by atoms with Crippen molar-refractivity contribution in [1.82, 2.24) is 14.7 Å². The Labute approximate surface area is 200 Å². The zero-order valence-corrected chi connectivity index (χ0v) is 21.0. The molecule has 0 fully saturated rings. The van der Waals surface area contributed by atoms with Crippen LogP contribution in [-0.4, -0.2) is 71.3 Å². The standard InChI is InChI=1S/C9H11NO2.C9H13NO2.C7H9NO2/c1-10-8(11)6-4-2-3-5-7(6)9(10)12;1-4-6-7(5-2)9(12)10(3)8(6)11;1-4-5(2)7(10)8(3)6(4)9/h2-5H2,1H3;4-5H2,1-3H3;1-3H3. The molecular formula is C25H33N3O6. The summed E-state index contributed by atoms with van der Waals surface area (Å²) in [5.41, 5.74) is 4.04. The van der Waals surface area contributed by atoms with Crippen molar-refractivity contribution in [3.63, 3.8) is 0 Å². The van der Waals surface area contributed by atoms with Crippen LogP contribution in [0.2, 0.25) is 0 Å².